The number of nitrogens with one attached hydrogen (secondary N) is 2. The lowest BCUT2D eigenvalue weighted by Gasteiger charge is -2.22. The third-order valence-electron chi connectivity index (χ3n) is 6.20. The molecule has 1 saturated heterocycles. The molecule has 4 heterocycles. The van der Waals surface area contributed by atoms with E-state index in [2.05, 4.69) is 35.4 Å². The molecule has 1 fully saturated rings. The number of H-pyrrole nitrogens is 1. The highest BCUT2D eigenvalue weighted by molar-refractivity contribution is 5.92. The van der Waals surface area contributed by atoms with Gasteiger partial charge in [0.1, 0.15) is 35.6 Å². The maximum Gasteiger partial charge on any atom is 0.246 e. The van der Waals surface area contributed by atoms with Gasteiger partial charge in [0, 0.05) is 24.0 Å². The van der Waals surface area contributed by atoms with Crippen LogP contribution in [0.2, 0.25) is 0 Å². The van der Waals surface area contributed by atoms with Crippen molar-refractivity contribution in [3.05, 3.63) is 54.1 Å². The second kappa shape index (κ2) is 10.2. The number of hydrogen-bond donors (Lipinski definition) is 3. The van der Waals surface area contributed by atoms with Crippen LogP contribution >= 0.6 is 0 Å². The minimum absolute atomic E-state index is 0.179. The minimum Gasteiger partial charge on any atom is -0.475 e. The number of rotatable bonds is 9. The molecule has 1 unspecified atom stereocenters. The Morgan fingerprint density at radius 3 is 2.89 bits per heavy atom. The molecule has 10 nitrogen and oxygen atoms in total. The maximum atomic E-state index is 9.52. The molecule has 3 N–H and O–H groups in total. The van der Waals surface area contributed by atoms with E-state index in [1.807, 2.05) is 44.2 Å². The van der Waals surface area contributed by atoms with Crippen LogP contribution < -0.4 is 14.8 Å². The van der Waals surface area contributed by atoms with Gasteiger partial charge in [0.2, 0.25) is 5.88 Å². The first kappa shape index (κ1) is 23.0. The molecule has 1 aromatic carbocycles. The summed E-state index contributed by atoms with van der Waals surface area (Å²) in [7, 11) is 0. The average molecular weight is 476 g/mol. The van der Waals surface area contributed by atoms with Crippen molar-refractivity contribution in [1.29, 1.82) is 0 Å². The Morgan fingerprint density at radius 2 is 2.09 bits per heavy atom. The molecule has 3 aromatic heterocycles. The van der Waals surface area contributed by atoms with Crippen molar-refractivity contribution in [2.75, 3.05) is 31.6 Å². The predicted molar refractivity (Wildman–Crippen MR) is 132 cm³/mol. The second-order valence-corrected chi connectivity index (χ2v) is 8.68. The number of ether oxygens (including phenoxy) is 2. The van der Waals surface area contributed by atoms with Crippen LogP contribution in [0.4, 0.5) is 11.5 Å². The Kier molecular flexibility index (Phi) is 6.73. The molecule has 0 aliphatic carbocycles. The molecule has 4 aromatic rings. The van der Waals surface area contributed by atoms with E-state index in [-0.39, 0.29) is 12.6 Å². The van der Waals surface area contributed by atoms with Crippen molar-refractivity contribution in [3.63, 3.8) is 0 Å². The normalized spacial score (nSPS) is 16.0. The van der Waals surface area contributed by atoms with Crippen LogP contribution in [0.5, 0.6) is 17.4 Å². The minimum atomic E-state index is 0.179. The Hall–Kier alpha value is -3.76. The van der Waals surface area contributed by atoms with Crippen molar-refractivity contribution in [2.45, 2.75) is 32.7 Å². The number of pyridine rings is 1. The molecule has 10 heteroatoms. The van der Waals surface area contributed by atoms with Crippen molar-refractivity contribution in [2.24, 2.45) is 0 Å². The van der Waals surface area contributed by atoms with Gasteiger partial charge in [0.25, 0.3) is 0 Å². The fourth-order valence-electron chi connectivity index (χ4n) is 4.31. The van der Waals surface area contributed by atoms with Crippen LogP contribution in [-0.4, -0.2) is 67.5 Å². The summed E-state index contributed by atoms with van der Waals surface area (Å²) in [4.78, 5) is 15.2. The van der Waals surface area contributed by atoms with E-state index in [4.69, 9.17) is 9.47 Å². The number of aromatic amines is 1. The third kappa shape index (κ3) is 5.18. The Labute approximate surface area is 203 Å². The van der Waals surface area contributed by atoms with Gasteiger partial charge < -0.3 is 19.9 Å². The number of aliphatic hydroxyl groups is 1. The van der Waals surface area contributed by atoms with E-state index in [0.29, 0.717) is 35.1 Å². The number of benzene rings is 1. The van der Waals surface area contributed by atoms with Crippen molar-refractivity contribution in [1.82, 2.24) is 30.0 Å². The molecular formula is C25H29N7O3. The van der Waals surface area contributed by atoms with Gasteiger partial charge in [0.15, 0.2) is 5.65 Å². The van der Waals surface area contributed by atoms with Gasteiger partial charge in [-0.2, -0.15) is 0 Å². The highest BCUT2D eigenvalue weighted by Gasteiger charge is 2.23. The van der Waals surface area contributed by atoms with Crippen LogP contribution in [0.15, 0.2) is 42.9 Å². The summed E-state index contributed by atoms with van der Waals surface area (Å²) in [6.07, 6.45) is 5.32. The molecule has 0 spiro atoms. The number of aromatic nitrogens is 5. The number of likely N-dealkylation sites (tertiary alicyclic amines) is 1. The van der Waals surface area contributed by atoms with Crippen molar-refractivity contribution >= 4 is 22.5 Å². The van der Waals surface area contributed by atoms with E-state index >= 15 is 0 Å². The van der Waals surface area contributed by atoms with E-state index in [0.717, 1.165) is 48.6 Å². The number of hydrogen-bond acceptors (Lipinski definition) is 9. The first-order valence-corrected chi connectivity index (χ1v) is 11.8. The average Bonchev–Trinajstić information content (AvgIpc) is 3.49. The number of aryl methyl sites for hydroxylation is 2. The maximum absolute atomic E-state index is 9.52. The summed E-state index contributed by atoms with van der Waals surface area (Å²) in [6.45, 7) is 6.28. The first-order valence-electron chi connectivity index (χ1n) is 11.8. The van der Waals surface area contributed by atoms with E-state index in [1.54, 1.807) is 6.20 Å². The van der Waals surface area contributed by atoms with Gasteiger partial charge in [-0.05, 0) is 69.1 Å². The smallest absolute Gasteiger partial charge is 0.246 e. The standard InChI is InChI=1S/C25H29N7O3/c1-16-12-18(6-8-21(16)35-20-7-5-17(2)26-13-20)29-23-22-24(28-15-27-23)30-31-25(22)34-11-10-32-9-3-4-19(32)14-33/h5-8,12-13,15,19,33H,3-4,9-11,14H2,1-2H3,(H2,27,28,29,30,31). The molecular weight excluding hydrogens is 446 g/mol. The summed E-state index contributed by atoms with van der Waals surface area (Å²) >= 11 is 0. The van der Waals surface area contributed by atoms with Gasteiger partial charge >= 0.3 is 0 Å². The van der Waals surface area contributed by atoms with Gasteiger partial charge in [0.05, 0.1) is 12.8 Å². The Bertz CT molecular complexity index is 1290. The van der Waals surface area contributed by atoms with E-state index in [9.17, 15) is 5.11 Å². The molecule has 5 rings (SSSR count). The lowest BCUT2D eigenvalue weighted by atomic mass is 10.2. The number of nitrogens with zero attached hydrogens (tertiary/aromatic N) is 5. The second-order valence-electron chi connectivity index (χ2n) is 8.68. The first-order chi connectivity index (χ1) is 17.1. The van der Waals surface area contributed by atoms with Gasteiger partial charge in [-0.15, -0.1) is 5.10 Å². The van der Waals surface area contributed by atoms with Gasteiger partial charge in [-0.3, -0.25) is 15.0 Å². The molecule has 0 amide bonds. The van der Waals surface area contributed by atoms with Crippen molar-refractivity contribution < 1.29 is 14.6 Å². The lowest BCUT2D eigenvalue weighted by molar-refractivity contribution is 0.138. The largest absolute Gasteiger partial charge is 0.475 e. The molecule has 35 heavy (non-hydrogen) atoms. The third-order valence-corrected chi connectivity index (χ3v) is 6.20. The summed E-state index contributed by atoms with van der Waals surface area (Å²) in [5.41, 5.74) is 3.36. The van der Waals surface area contributed by atoms with Gasteiger partial charge in [-0.25, -0.2) is 9.97 Å². The van der Waals surface area contributed by atoms with Crippen LogP contribution in [0.25, 0.3) is 11.0 Å². The van der Waals surface area contributed by atoms with E-state index < -0.39 is 0 Å². The quantitative estimate of drug-likeness (QED) is 0.332. The monoisotopic (exact) mass is 475 g/mol. The van der Waals surface area contributed by atoms with E-state index in [1.165, 1.54) is 6.33 Å². The fourth-order valence-corrected chi connectivity index (χ4v) is 4.31. The number of fused-ring (bicyclic) bond motifs is 1. The van der Waals surface area contributed by atoms with Gasteiger partial charge in [-0.1, -0.05) is 0 Å². The SMILES string of the molecule is Cc1ccc(Oc2ccc(Nc3ncnc4[nH]nc(OCCN5CCCC5CO)c34)cc2C)cn1. The Balaban J connectivity index is 1.29. The topological polar surface area (TPSA) is 121 Å². The molecule has 0 saturated carbocycles. The summed E-state index contributed by atoms with van der Waals surface area (Å²) in [5, 5.41) is 20.8. The predicted octanol–water partition coefficient (Wildman–Crippen LogP) is 3.74. The highest BCUT2D eigenvalue weighted by Crippen LogP contribution is 2.32. The van der Waals surface area contributed by atoms with Crippen molar-refractivity contribution in [3.8, 4) is 17.4 Å². The summed E-state index contributed by atoms with van der Waals surface area (Å²) < 4.78 is 12.0. The molecule has 0 bridgehead atoms. The van der Waals surface area contributed by atoms with Crippen LogP contribution in [0, 0.1) is 13.8 Å². The highest BCUT2D eigenvalue weighted by atomic mass is 16.5. The zero-order chi connectivity index (χ0) is 24.2. The summed E-state index contributed by atoms with van der Waals surface area (Å²) in [5.74, 6) is 2.50. The zero-order valence-electron chi connectivity index (χ0n) is 19.9. The van der Waals surface area contributed by atoms with Crippen LogP contribution in [-0.2, 0) is 0 Å². The molecule has 182 valence electrons. The van der Waals surface area contributed by atoms with Crippen LogP contribution in [0.1, 0.15) is 24.1 Å². The molecule has 1 aliphatic rings. The molecule has 0 radical (unpaired) electrons. The lowest BCUT2D eigenvalue weighted by Crippen LogP contribution is -2.35. The molecule has 1 aliphatic heterocycles. The van der Waals surface area contributed by atoms with Crippen LogP contribution in [0.3, 0.4) is 0 Å². The number of anilines is 2. The fraction of sp³-hybridized carbons (Fsp3) is 0.360. The Morgan fingerprint density at radius 1 is 1.17 bits per heavy atom. The molecule has 1 atom stereocenters. The summed E-state index contributed by atoms with van der Waals surface area (Å²) in [6, 6.07) is 9.87. The zero-order valence-corrected chi connectivity index (χ0v) is 19.9. The number of aliphatic hydroxyl groups excluding tert-OH is 1.